The highest BCUT2D eigenvalue weighted by molar-refractivity contribution is 5.96. The summed E-state index contributed by atoms with van der Waals surface area (Å²) in [5, 5.41) is 8.85. The molecule has 0 radical (unpaired) electrons. The van der Waals surface area contributed by atoms with Gasteiger partial charge < -0.3 is 20.7 Å². The smallest absolute Gasteiger partial charge is 0.251 e. The molecule has 6 heteroatoms. The Morgan fingerprint density at radius 1 is 0.694 bits per heavy atom. The summed E-state index contributed by atoms with van der Waals surface area (Å²) < 4.78 is 5.85. The summed E-state index contributed by atoms with van der Waals surface area (Å²) in [6.45, 7) is 1.14. The lowest BCUT2D eigenvalue weighted by Crippen LogP contribution is -2.23. The van der Waals surface area contributed by atoms with Gasteiger partial charge in [0.25, 0.3) is 5.91 Å². The molecule has 3 N–H and O–H groups in total. The van der Waals surface area contributed by atoms with Crippen LogP contribution in [0.1, 0.15) is 21.5 Å². The van der Waals surface area contributed by atoms with Gasteiger partial charge >= 0.3 is 0 Å². The molecule has 4 aromatic carbocycles. The van der Waals surface area contributed by atoms with Crippen molar-refractivity contribution < 1.29 is 14.3 Å². The minimum absolute atomic E-state index is 0.104. The number of nitrogens with one attached hydrogen (secondary N) is 3. The first-order valence-corrected chi connectivity index (χ1v) is 11.9. The van der Waals surface area contributed by atoms with E-state index in [1.165, 1.54) is 5.56 Å². The van der Waals surface area contributed by atoms with E-state index in [-0.39, 0.29) is 18.4 Å². The molecule has 0 bridgehead atoms. The molecule has 4 aromatic rings. The molecule has 36 heavy (non-hydrogen) atoms. The highest BCUT2D eigenvalue weighted by Gasteiger charge is 2.07. The van der Waals surface area contributed by atoms with Crippen molar-refractivity contribution in [3.05, 3.63) is 126 Å². The van der Waals surface area contributed by atoms with Crippen LogP contribution in [0.2, 0.25) is 0 Å². The fraction of sp³-hybridized carbons (Fsp3) is 0.133. The summed E-state index contributed by atoms with van der Waals surface area (Å²) in [6, 6.07) is 34.3. The van der Waals surface area contributed by atoms with Crippen molar-refractivity contribution in [3.63, 3.8) is 0 Å². The van der Waals surface area contributed by atoms with Gasteiger partial charge in [-0.1, -0.05) is 66.7 Å². The van der Waals surface area contributed by atoms with Gasteiger partial charge in [0.2, 0.25) is 5.91 Å². The first-order chi connectivity index (χ1) is 17.7. The van der Waals surface area contributed by atoms with E-state index >= 15 is 0 Å². The number of carbonyl (C=O) groups excluding carboxylic acids is 2. The lowest BCUT2D eigenvalue weighted by atomic mass is 10.1. The van der Waals surface area contributed by atoms with E-state index in [0.717, 1.165) is 23.4 Å². The standard InChI is InChI=1S/C30H29N3O3/c34-29(22-31-27-12-7-13-28(20-27)36-19-18-23-8-3-1-4-9-23)33-26-16-14-25(15-17-26)30(35)32-21-24-10-5-2-6-11-24/h1-17,20,31H,18-19,21-22H2,(H,32,35)(H,33,34). The number of hydrogen-bond donors (Lipinski definition) is 3. The SMILES string of the molecule is O=C(CNc1cccc(OCCc2ccccc2)c1)Nc1ccc(C(=O)NCc2ccccc2)cc1. The lowest BCUT2D eigenvalue weighted by Gasteiger charge is -2.11. The minimum Gasteiger partial charge on any atom is -0.493 e. The van der Waals surface area contributed by atoms with Crippen molar-refractivity contribution in [1.82, 2.24) is 5.32 Å². The number of anilines is 2. The van der Waals surface area contributed by atoms with Gasteiger partial charge in [-0.15, -0.1) is 0 Å². The van der Waals surface area contributed by atoms with E-state index in [1.54, 1.807) is 24.3 Å². The van der Waals surface area contributed by atoms with E-state index in [4.69, 9.17) is 4.74 Å². The maximum atomic E-state index is 12.4. The molecule has 0 saturated heterocycles. The molecule has 0 aliphatic carbocycles. The molecular weight excluding hydrogens is 450 g/mol. The molecule has 4 rings (SSSR count). The first kappa shape index (κ1) is 24.5. The molecule has 0 unspecified atom stereocenters. The summed E-state index contributed by atoms with van der Waals surface area (Å²) in [5.74, 6) is 0.397. The van der Waals surface area contributed by atoms with E-state index in [9.17, 15) is 9.59 Å². The van der Waals surface area contributed by atoms with Crippen LogP contribution in [0.4, 0.5) is 11.4 Å². The zero-order valence-corrected chi connectivity index (χ0v) is 19.9. The summed E-state index contributed by atoms with van der Waals surface area (Å²) in [7, 11) is 0. The summed E-state index contributed by atoms with van der Waals surface area (Å²) in [4.78, 5) is 24.8. The topological polar surface area (TPSA) is 79.5 Å². The van der Waals surface area contributed by atoms with Gasteiger partial charge in [0.05, 0.1) is 13.2 Å². The average Bonchev–Trinajstić information content (AvgIpc) is 2.92. The molecule has 0 aliphatic heterocycles. The third kappa shape index (κ3) is 7.74. The Balaban J connectivity index is 1.20. The highest BCUT2D eigenvalue weighted by atomic mass is 16.5. The highest BCUT2D eigenvalue weighted by Crippen LogP contribution is 2.18. The fourth-order valence-electron chi connectivity index (χ4n) is 3.60. The van der Waals surface area contributed by atoms with Crippen LogP contribution in [-0.2, 0) is 17.8 Å². The molecular formula is C30H29N3O3. The zero-order chi connectivity index (χ0) is 25.0. The van der Waals surface area contributed by atoms with Crippen molar-refractivity contribution in [3.8, 4) is 5.75 Å². The second-order valence-electron chi connectivity index (χ2n) is 8.26. The predicted octanol–water partition coefficient (Wildman–Crippen LogP) is 5.29. The molecule has 0 aromatic heterocycles. The van der Waals surface area contributed by atoms with Crippen LogP contribution in [0.5, 0.6) is 5.75 Å². The Labute approximate surface area is 211 Å². The van der Waals surface area contributed by atoms with Gasteiger partial charge in [-0.05, 0) is 47.5 Å². The van der Waals surface area contributed by atoms with E-state index in [1.807, 2.05) is 72.8 Å². The van der Waals surface area contributed by atoms with Crippen LogP contribution in [-0.4, -0.2) is 25.0 Å². The van der Waals surface area contributed by atoms with Gasteiger partial charge in [-0.2, -0.15) is 0 Å². The van der Waals surface area contributed by atoms with E-state index in [2.05, 4.69) is 28.1 Å². The minimum atomic E-state index is -0.188. The van der Waals surface area contributed by atoms with Crippen molar-refractivity contribution >= 4 is 23.2 Å². The number of hydrogen-bond acceptors (Lipinski definition) is 4. The fourth-order valence-corrected chi connectivity index (χ4v) is 3.60. The predicted molar refractivity (Wildman–Crippen MR) is 143 cm³/mol. The maximum Gasteiger partial charge on any atom is 0.251 e. The molecule has 0 atom stereocenters. The second-order valence-corrected chi connectivity index (χ2v) is 8.26. The van der Waals surface area contributed by atoms with Crippen LogP contribution in [0.3, 0.4) is 0 Å². The number of benzene rings is 4. The monoisotopic (exact) mass is 479 g/mol. The molecule has 0 spiro atoms. The van der Waals surface area contributed by atoms with Crippen molar-refractivity contribution in [2.24, 2.45) is 0 Å². The number of rotatable bonds is 11. The van der Waals surface area contributed by atoms with Gasteiger partial charge in [-0.3, -0.25) is 9.59 Å². The third-order valence-electron chi connectivity index (χ3n) is 5.52. The quantitative estimate of drug-likeness (QED) is 0.273. The van der Waals surface area contributed by atoms with Crippen molar-refractivity contribution in [1.29, 1.82) is 0 Å². The summed E-state index contributed by atoms with van der Waals surface area (Å²) in [5.41, 5.74) is 4.22. The molecule has 0 saturated carbocycles. The maximum absolute atomic E-state index is 12.4. The van der Waals surface area contributed by atoms with Crippen molar-refractivity contribution in [2.45, 2.75) is 13.0 Å². The second kappa shape index (κ2) is 12.8. The summed E-state index contributed by atoms with van der Waals surface area (Å²) >= 11 is 0. The van der Waals surface area contributed by atoms with E-state index < -0.39 is 0 Å². The third-order valence-corrected chi connectivity index (χ3v) is 5.52. The molecule has 6 nitrogen and oxygen atoms in total. The Bertz CT molecular complexity index is 1260. The van der Waals surface area contributed by atoms with Gasteiger partial charge in [0, 0.05) is 36.0 Å². The zero-order valence-electron chi connectivity index (χ0n) is 19.9. The van der Waals surface area contributed by atoms with Crippen LogP contribution in [0, 0.1) is 0 Å². The van der Waals surface area contributed by atoms with Crippen LogP contribution in [0.15, 0.2) is 109 Å². The molecule has 182 valence electrons. The number of ether oxygens (including phenoxy) is 1. The van der Waals surface area contributed by atoms with Gasteiger partial charge in [0.1, 0.15) is 5.75 Å². The first-order valence-electron chi connectivity index (χ1n) is 11.9. The number of amides is 2. The Morgan fingerprint density at radius 2 is 1.39 bits per heavy atom. The Morgan fingerprint density at radius 3 is 2.11 bits per heavy atom. The average molecular weight is 480 g/mol. The van der Waals surface area contributed by atoms with E-state index in [0.29, 0.717) is 24.4 Å². The van der Waals surface area contributed by atoms with Gasteiger partial charge in [0.15, 0.2) is 0 Å². The molecule has 0 fully saturated rings. The normalized spacial score (nSPS) is 10.3. The van der Waals surface area contributed by atoms with Crippen LogP contribution >= 0.6 is 0 Å². The Kier molecular flexibility index (Phi) is 8.70. The number of carbonyl (C=O) groups is 2. The molecule has 2 amide bonds. The largest absolute Gasteiger partial charge is 0.493 e. The Hall–Kier alpha value is -4.58. The summed E-state index contributed by atoms with van der Waals surface area (Å²) in [6.07, 6.45) is 0.828. The molecule has 0 aliphatic rings. The van der Waals surface area contributed by atoms with Crippen LogP contribution < -0.4 is 20.7 Å². The van der Waals surface area contributed by atoms with Crippen LogP contribution in [0.25, 0.3) is 0 Å². The lowest BCUT2D eigenvalue weighted by molar-refractivity contribution is -0.114. The molecule has 0 heterocycles. The van der Waals surface area contributed by atoms with Gasteiger partial charge in [-0.25, -0.2) is 0 Å². The van der Waals surface area contributed by atoms with Crippen molar-refractivity contribution in [2.75, 3.05) is 23.8 Å².